The number of hydrogen-bond donors (Lipinski definition) is 1. The number of rotatable bonds is 4. The van der Waals surface area contributed by atoms with Crippen LogP contribution in [0.2, 0.25) is 0 Å². The van der Waals surface area contributed by atoms with E-state index in [9.17, 15) is 5.11 Å². The van der Waals surface area contributed by atoms with Crippen molar-refractivity contribution in [2.75, 3.05) is 21.3 Å². The van der Waals surface area contributed by atoms with Gasteiger partial charge in [0.05, 0.1) is 21.3 Å². The minimum atomic E-state index is -0.0129. The van der Waals surface area contributed by atoms with Gasteiger partial charge in [-0.25, -0.2) is 0 Å². The minimum Gasteiger partial charge on any atom is -0.507 e. The topological polar surface area (TPSA) is 47.9 Å². The van der Waals surface area contributed by atoms with Crippen LogP contribution in [0.4, 0.5) is 0 Å². The number of ether oxygens (including phenoxy) is 3. The van der Waals surface area contributed by atoms with Crippen LogP contribution in [0.1, 0.15) is 43.2 Å². The minimum absolute atomic E-state index is 0.0129. The van der Waals surface area contributed by atoms with E-state index in [2.05, 4.69) is 30.3 Å². The van der Waals surface area contributed by atoms with Gasteiger partial charge in [0.2, 0.25) is 0 Å². The molecule has 1 spiro atoms. The highest BCUT2D eigenvalue weighted by Crippen LogP contribution is 2.59. The Morgan fingerprint density at radius 2 is 1.40 bits per heavy atom. The van der Waals surface area contributed by atoms with E-state index in [0.717, 1.165) is 46.2 Å². The quantitative estimate of drug-likeness (QED) is 0.339. The average molecular weight is 467 g/mol. The van der Waals surface area contributed by atoms with E-state index in [-0.39, 0.29) is 5.41 Å². The summed E-state index contributed by atoms with van der Waals surface area (Å²) in [5.74, 6) is 2.47. The van der Waals surface area contributed by atoms with Crippen LogP contribution >= 0.6 is 0 Å². The molecule has 1 saturated carbocycles. The summed E-state index contributed by atoms with van der Waals surface area (Å²) in [5.41, 5.74) is 6.93. The second-order valence-corrected chi connectivity index (χ2v) is 9.67. The molecular weight excluding hydrogens is 436 g/mol. The van der Waals surface area contributed by atoms with Crippen molar-refractivity contribution in [2.45, 2.75) is 37.5 Å². The van der Waals surface area contributed by atoms with Gasteiger partial charge in [-0.2, -0.15) is 0 Å². The lowest BCUT2D eigenvalue weighted by atomic mass is 9.67. The van der Waals surface area contributed by atoms with Crippen molar-refractivity contribution in [3.8, 4) is 45.3 Å². The summed E-state index contributed by atoms with van der Waals surface area (Å²) < 4.78 is 17.0. The van der Waals surface area contributed by atoms with Crippen molar-refractivity contribution in [1.29, 1.82) is 0 Å². The molecule has 1 N–H and O–H groups in total. The van der Waals surface area contributed by atoms with Crippen LogP contribution in [0.15, 0.2) is 60.7 Å². The Morgan fingerprint density at radius 3 is 2.14 bits per heavy atom. The van der Waals surface area contributed by atoms with Crippen molar-refractivity contribution < 1.29 is 19.3 Å². The van der Waals surface area contributed by atoms with Gasteiger partial charge in [-0.05, 0) is 70.8 Å². The molecule has 1 fully saturated rings. The summed E-state index contributed by atoms with van der Waals surface area (Å²) in [6.45, 7) is 0. The van der Waals surface area contributed by atoms with Crippen LogP contribution in [-0.2, 0) is 5.41 Å². The van der Waals surface area contributed by atoms with Gasteiger partial charge in [0.1, 0.15) is 23.0 Å². The number of aromatic hydroxyl groups is 1. The highest BCUT2D eigenvalue weighted by Gasteiger charge is 2.44. The predicted octanol–water partition coefficient (Wildman–Crippen LogP) is 7.47. The molecule has 4 aromatic carbocycles. The molecule has 0 atom stereocenters. The van der Waals surface area contributed by atoms with Gasteiger partial charge in [0, 0.05) is 28.0 Å². The number of phenols is 1. The molecule has 35 heavy (non-hydrogen) atoms. The van der Waals surface area contributed by atoms with Crippen molar-refractivity contribution in [3.05, 3.63) is 71.8 Å². The predicted molar refractivity (Wildman–Crippen MR) is 140 cm³/mol. The number of phenolic OH excluding ortho intramolecular Hbond substituents is 1. The van der Waals surface area contributed by atoms with Gasteiger partial charge in [-0.3, -0.25) is 0 Å². The van der Waals surface area contributed by atoms with Crippen LogP contribution in [0.25, 0.3) is 33.0 Å². The lowest BCUT2D eigenvalue weighted by Gasteiger charge is -2.36. The molecule has 2 aliphatic rings. The third kappa shape index (κ3) is 3.12. The molecule has 4 nitrogen and oxygen atoms in total. The van der Waals surface area contributed by atoms with Crippen LogP contribution < -0.4 is 14.2 Å². The third-order valence-corrected chi connectivity index (χ3v) is 8.07. The number of fused-ring (bicyclic) bond motifs is 7. The molecule has 0 saturated heterocycles. The van der Waals surface area contributed by atoms with Gasteiger partial charge in [-0.15, -0.1) is 0 Å². The van der Waals surface area contributed by atoms with E-state index in [1.165, 1.54) is 41.5 Å². The molecule has 0 unspecified atom stereocenters. The van der Waals surface area contributed by atoms with Gasteiger partial charge >= 0.3 is 0 Å². The summed E-state index contributed by atoms with van der Waals surface area (Å²) in [5, 5.41) is 13.2. The van der Waals surface area contributed by atoms with E-state index < -0.39 is 0 Å². The summed E-state index contributed by atoms with van der Waals surface area (Å²) in [7, 11) is 4.98. The molecule has 0 aromatic heterocycles. The monoisotopic (exact) mass is 466 g/mol. The Labute approximate surface area is 206 Å². The van der Waals surface area contributed by atoms with Gasteiger partial charge in [0.25, 0.3) is 0 Å². The molecule has 0 heterocycles. The molecule has 4 aromatic rings. The van der Waals surface area contributed by atoms with E-state index in [4.69, 9.17) is 14.2 Å². The summed E-state index contributed by atoms with van der Waals surface area (Å²) in [4.78, 5) is 0. The number of benzene rings is 4. The van der Waals surface area contributed by atoms with Crippen LogP contribution in [0.3, 0.4) is 0 Å². The van der Waals surface area contributed by atoms with Crippen LogP contribution in [0.5, 0.6) is 23.0 Å². The summed E-state index contributed by atoms with van der Waals surface area (Å²) in [6.07, 6.45) is 5.96. The Hall–Kier alpha value is -3.66. The molecule has 0 amide bonds. The Bertz CT molecular complexity index is 1450. The maximum Gasteiger partial charge on any atom is 0.130 e. The molecule has 0 bridgehead atoms. The zero-order chi connectivity index (χ0) is 24.2. The van der Waals surface area contributed by atoms with Crippen molar-refractivity contribution in [1.82, 2.24) is 0 Å². The largest absolute Gasteiger partial charge is 0.507 e. The van der Waals surface area contributed by atoms with E-state index in [0.29, 0.717) is 11.5 Å². The number of hydrogen-bond acceptors (Lipinski definition) is 4. The maximum absolute atomic E-state index is 11.4. The normalized spacial score (nSPS) is 15.6. The Kier molecular flexibility index (Phi) is 5.14. The molecule has 178 valence electrons. The first-order valence-corrected chi connectivity index (χ1v) is 12.3. The Morgan fingerprint density at radius 1 is 0.657 bits per heavy atom. The summed E-state index contributed by atoms with van der Waals surface area (Å²) >= 11 is 0. The van der Waals surface area contributed by atoms with Gasteiger partial charge in [0.15, 0.2) is 0 Å². The average Bonchev–Trinajstić information content (AvgIpc) is 3.17. The fourth-order valence-corrected chi connectivity index (χ4v) is 6.46. The smallest absolute Gasteiger partial charge is 0.130 e. The van der Waals surface area contributed by atoms with Crippen LogP contribution in [0, 0.1) is 0 Å². The van der Waals surface area contributed by atoms with Crippen molar-refractivity contribution in [2.24, 2.45) is 0 Å². The maximum atomic E-state index is 11.4. The standard InChI is InChI=1S/C31H30O4/c1-33-19-11-12-20(28(15-19)34-2)23-16-22-24(17-29(23)35-3)30-21-9-5-6-10-25(21)31(13-7-4-8-14-31)26(30)18-27(22)32/h5-6,9-12,15-18,32H,4,7-8,13-14H2,1-3H3. The molecule has 2 aliphatic carbocycles. The molecule has 0 radical (unpaired) electrons. The van der Waals surface area contributed by atoms with E-state index in [1.54, 1.807) is 21.3 Å². The zero-order valence-corrected chi connectivity index (χ0v) is 20.5. The van der Waals surface area contributed by atoms with Gasteiger partial charge < -0.3 is 19.3 Å². The van der Waals surface area contributed by atoms with Gasteiger partial charge in [-0.1, -0.05) is 43.5 Å². The lowest BCUT2D eigenvalue weighted by molar-refractivity contribution is 0.351. The second-order valence-electron chi connectivity index (χ2n) is 9.67. The molecular formula is C31H30O4. The molecule has 6 rings (SSSR count). The molecule has 0 aliphatic heterocycles. The first-order valence-electron chi connectivity index (χ1n) is 12.3. The van der Waals surface area contributed by atoms with Crippen molar-refractivity contribution in [3.63, 3.8) is 0 Å². The fourth-order valence-electron chi connectivity index (χ4n) is 6.46. The van der Waals surface area contributed by atoms with E-state index in [1.807, 2.05) is 30.3 Å². The highest BCUT2D eigenvalue weighted by atomic mass is 16.5. The number of methoxy groups -OCH3 is 3. The van der Waals surface area contributed by atoms with E-state index >= 15 is 0 Å². The first-order chi connectivity index (χ1) is 17.1. The third-order valence-electron chi connectivity index (χ3n) is 8.07. The fraction of sp³-hybridized carbons (Fsp3) is 0.290. The van der Waals surface area contributed by atoms with Crippen LogP contribution in [-0.4, -0.2) is 26.4 Å². The Balaban J connectivity index is 1.65. The lowest BCUT2D eigenvalue weighted by Crippen LogP contribution is -2.27. The second kappa shape index (κ2) is 8.23. The summed E-state index contributed by atoms with van der Waals surface area (Å²) in [6, 6.07) is 20.7. The first kappa shape index (κ1) is 21.8. The highest BCUT2D eigenvalue weighted by molar-refractivity contribution is 6.07. The van der Waals surface area contributed by atoms with Crippen molar-refractivity contribution >= 4 is 10.8 Å². The zero-order valence-electron chi connectivity index (χ0n) is 20.5. The molecule has 4 heteroatoms. The SMILES string of the molecule is COc1ccc(-c2cc3c(O)cc4c(c3cc2OC)-c2ccccc2C42CCCCC2)c(OC)c1.